The van der Waals surface area contributed by atoms with Crippen molar-refractivity contribution in [2.45, 2.75) is 20.4 Å². The first-order chi connectivity index (χ1) is 8.19. The van der Waals surface area contributed by atoms with E-state index in [1.54, 1.807) is 10.9 Å². The van der Waals surface area contributed by atoms with E-state index in [2.05, 4.69) is 28.0 Å². The molecule has 0 aliphatic rings. The van der Waals surface area contributed by atoms with Crippen LogP contribution in [-0.2, 0) is 6.54 Å². The van der Waals surface area contributed by atoms with Gasteiger partial charge in [0.15, 0.2) is 0 Å². The van der Waals surface area contributed by atoms with Gasteiger partial charge in [-0.3, -0.25) is 4.98 Å². The first-order valence-electron chi connectivity index (χ1n) is 5.53. The van der Waals surface area contributed by atoms with Gasteiger partial charge < -0.3 is 5.32 Å². The van der Waals surface area contributed by atoms with Crippen molar-refractivity contribution < 1.29 is 0 Å². The van der Waals surface area contributed by atoms with Crippen LogP contribution in [0.2, 0.25) is 0 Å². The Balaban J connectivity index is 2.04. The molecule has 2 aromatic heterocycles. The van der Waals surface area contributed by atoms with Gasteiger partial charge in [-0.2, -0.15) is 5.10 Å². The number of hydrogen-bond acceptors (Lipinski definition) is 3. The molecular weight excluding hydrogens is 212 g/mol. The number of rotatable bonds is 4. The lowest BCUT2D eigenvalue weighted by Crippen LogP contribution is -2.01. The zero-order valence-electron chi connectivity index (χ0n) is 10.1. The molecule has 0 aliphatic heterocycles. The molecule has 0 unspecified atom stereocenters. The third-order valence-corrected chi connectivity index (χ3v) is 2.55. The number of aromatic nitrogens is 3. The normalized spacial score (nSPS) is 10.2. The maximum absolute atomic E-state index is 4.41. The predicted molar refractivity (Wildman–Crippen MR) is 69.7 cm³/mol. The molecule has 0 fully saturated rings. The number of anilines is 1. The van der Waals surface area contributed by atoms with E-state index < -0.39 is 0 Å². The lowest BCUT2D eigenvalue weighted by atomic mass is 10.2. The van der Waals surface area contributed by atoms with Crippen LogP contribution in [0.5, 0.6) is 0 Å². The largest absolute Gasteiger partial charge is 0.379 e. The van der Waals surface area contributed by atoms with Crippen molar-refractivity contribution in [3.8, 4) is 0 Å². The molecule has 2 rings (SSSR count). The molecule has 2 heterocycles. The third-order valence-electron chi connectivity index (χ3n) is 2.55. The molecule has 0 saturated heterocycles. The summed E-state index contributed by atoms with van der Waals surface area (Å²) in [6.07, 6.45) is 5.44. The van der Waals surface area contributed by atoms with Gasteiger partial charge in [0.05, 0.1) is 17.6 Å². The molecule has 88 valence electrons. The van der Waals surface area contributed by atoms with Crippen molar-refractivity contribution >= 4 is 11.9 Å². The number of aryl methyl sites for hydroxylation is 2. The van der Waals surface area contributed by atoms with Crippen LogP contribution in [0, 0.1) is 13.8 Å². The maximum Gasteiger partial charge on any atom is 0.0606 e. The van der Waals surface area contributed by atoms with E-state index in [9.17, 15) is 0 Å². The number of nitrogens with zero attached hydrogens (tertiary/aromatic N) is 3. The average molecular weight is 228 g/mol. The van der Waals surface area contributed by atoms with Crippen molar-refractivity contribution in [2.24, 2.45) is 0 Å². The summed E-state index contributed by atoms with van der Waals surface area (Å²) in [5.41, 5.74) is 4.22. The smallest absolute Gasteiger partial charge is 0.0606 e. The quantitative estimate of drug-likeness (QED) is 0.874. The molecule has 0 amide bonds. The second kappa shape index (κ2) is 4.82. The fraction of sp³-hybridized carbons (Fsp3) is 0.231. The molecule has 1 N–H and O–H groups in total. The highest BCUT2D eigenvalue weighted by molar-refractivity contribution is 5.48. The Morgan fingerprint density at radius 2 is 2.24 bits per heavy atom. The fourth-order valence-electron chi connectivity index (χ4n) is 1.64. The number of pyridine rings is 1. The minimum Gasteiger partial charge on any atom is -0.379 e. The molecule has 2 aromatic rings. The standard InChI is InChI=1S/C13H16N4/c1-4-17-9-12(8-15-17)7-14-13-6-5-10(2)16-11(13)3/h4-6,8-9,14H,1,7H2,2-3H3. The van der Waals surface area contributed by atoms with E-state index >= 15 is 0 Å². The summed E-state index contributed by atoms with van der Waals surface area (Å²) >= 11 is 0. The second-order valence-electron chi connectivity index (χ2n) is 3.95. The highest BCUT2D eigenvalue weighted by Gasteiger charge is 2.01. The van der Waals surface area contributed by atoms with Crippen molar-refractivity contribution in [1.29, 1.82) is 0 Å². The average Bonchev–Trinajstić information content (AvgIpc) is 2.76. The molecule has 0 radical (unpaired) electrons. The van der Waals surface area contributed by atoms with Crippen LogP contribution in [0.25, 0.3) is 6.20 Å². The first kappa shape index (κ1) is 11.4. The highest BCUT2D eigenvalue weighted by atomic mass is 15.2. The fourth-order valence-corrected chi connectivity index (χ4v) is 1.64. The van der Waals surface area contributed by atoms with Crippen molar-refractivity contribution in [3.05, 3.63) is 48.1 Å². The molecule has 0 atom stereocenters. The summed E-state index contributed by atoms with van der Waals surface area (Å²) in [5, 5.41) is 7.47. The van der Waals surface area contributed by atoms with Gasteiger partial charge in [0.25, 0.3) is 0 Å². The molecule has 0 spiro atoms. The van der Waals surface area contributed by atoms with E-state index in [0.717, 1.165) is 29.2 Å². The van der Waals surface area contributed by atoms with Gasteiger partial charge in [0.1, 0.15) is 0 Å². The summed E-state index contributed by atoms with van der Waals surface area (Å²) in [4.78, 5) is 4.41. The van der Waals surface area contributed by atoms with Gasteiger partial charge in [0.2, 0.25) is 0 Å². The van der Waals surface area contributed by atoms with Gasteiger partial charge in [0, 0.05) is 30.2 Å². The molecule has 0 saturated carbocycles. The Bertz CT molecular complexity index is 528. The lowest BCUT2D eigenvalue weighted by molar-refractivity contribution is 0.936. The molecule has 0 aromatic carbocycles. The molecule has 0 aliphatic carbocycles. The van der Waals surface area contributed by atoms with Crippen LogP contribution in [0.4, 0.5) is 5.69 Å². The Hall–Kier alpha value is -2.10. The Kier molecular flexibility index (Phi) is 3.23. The van der Waals surface area contributed by atoms with Gasteiger partial charge in [-0.25, -0.2) is 4.68 Å². The molecule has 17 heavy (non-hydrogen) atoms. The summed E-state index contributed by atoms with van der Waals surface area (Å²) in [7, 11) is 0. The van der Waals surface area contributed by atoms with Crippen molar-refractivity contribution in [3.63, 3.8) is 0 Å². The molecule has 4 heteroatoms. The zero-order chi connectivity index (χ0) is 12.3. The molecular formula is C13H16N4. The van der Waals surface area contributed by atoms with Crippen LogP contribution in [0.3, 0.4) is 0 Å². The van der Waals surface area contributed by atoms with E-state index in [4.69, 9.17) is 0 Å². The van der Waals surface area contributed by atoms with Crippen LogP contribution >= 0.6 is 0 Å². The Morgan fingerprint density at radius 3 is 2.88 bits per heavy atom. The van der Waals surface area contributed by atoms with Crippen LogP contribution in [0.1, 0.15) is 17.0 Å². The topological polar surface area (TPSA) is 42.7 Å². The van der Waals surface area contributed by atoms with E-state index in [-0.39, 0.29) is 0 Å². The van der Waals surface area contributed by atoms with Crippen LogP contribution in [-0.4, -0.2) is 14.8 Å². The van der Waals surface area contributed by atoms with Gasteiger partial charge in [-0.15, -0.1) is 0 Å². The Labute approximate surface area is 101 Å². The molecule has 4 nitrogen and oxygen atoms in total. The summed E-state index contributed by atoms with van der Waals surface area (Å²) in [5.74, 6) is 0. The van der Waals surface area contributed by atoms with E-state index in [1.165, 1.54) is 0 Å². The Morgan fingerprint density at radius 1 is 1.41 bits per heavy atom. The number of hydrogen-bond donors (Lipinski definition) is 1. The first-order valence-corrected chi connectivity index (χ1v) is 5.53. The SMILES string of the molecule is C=Cn1cc(CNc2ccc(C)nc2C)cn1. The van der Waals surface area contributed by atoms with Gasteiger partial charge in [-0.1, -0.05) is 6.58 Å². The predicted octanol–water partition coefficient (Wildman–Crippen LogP) is 2.61. The summed E-state index contributed by atoms with van der Waals surface area (Å²) in [6.45, 7) is 8.39. The van der Waals surface area contributed by atoms with E-state index in [0.29, 0.717) is 0 Å². The summed E-state index contributed by atoms with van der Waals surface area (Å²) < 4.78 is 1.69. The van der Waals surface area contributed by atoms with Crippen LogP contribution in [0.15, 0.2) is 31.1 Å². The second-order valence-corrected chi connectivity index (χ2v) is 3.95. The van der Waals surface area contributed by atoms with Crippen molar-refractivity contribution in [2.75, 3.05) is 5.32 Å². The summed E-state index contributed by atoms with van der Waals surface area (Å²) in [6, 6.07) is 4.05. The highest BCUT2D eigenvalue weighted by Crippen LogP contribution is 2.13. The maximum atomic E-state index is 4.41. The zero-order valence-corrected chi connectivity index (χ0v) is 10.1. The number of nitrogens with one attached hydrogen (secondary N) is 1. The lowest BCUT2D eigenvalue weighted by Gasteiger charge is -2.08. The minimum atomic E-state index is 0.736. The minimum absolute atomic E-state index is 0.736. The van der Waals surface area contributed by atoms with Crippen LogP contribution < -0.4 is 5.32 Å². The van der Waals surface area contributed by atoms with Gasteiger partial charge >= 0.3 is 0 Å². The van der Waals surface area contributed by atoms with Gasteiger partial charge in [-0.05, 0) is 26.0 Å². The van der Waals surface area contributed by atoms with E-state index in [1.807, 2.05) is 32.3 Å². The molecule has 0 bridgehead atoms. The van der Waals surface area contributed by atoms with Crippen molar-refractivity contribution in [1.82, 2.24) is 14.8 Å². The third kappa shape index (κ3) is 2.72. The monoisotopic (exact) mass is 228 g/mol.